The average molecular weight is 285 g/mol. The Bertz CT molecular complexity index is 539. The highest BCUT2D eigenvalue weighted by molar-refractivity contribution is 5.26. The summed E-state index contributed by atoms with van der Waals surface area (Å²) in [6.45, 7) is 0.751. The number of rotatable bonds is 5. The Labute approximate surface area is 114 Å². The molecule has 0 aliphatic rings. The van der Waals surface area contributed by atoms with Crippen molar-refractivity contribution in [3.8, 4) is 0 Å². The van der Waals surface area contributed by atoms with E-state index in [9.17, 15) is 13.2 Å². The molecule has 0 radical (unpaired) electrons. The molecule has 7 heteroatoms. The van der Waals surface area contributed by atoms with Crippen LogP contribution in [0.3, 0.4) is 0 Å². The summed E-state index contributed by atoms with van der Waals surface area (Å²) in [6, 6.07) is 9.28. The quantitative estimate of drug-likeness (QED) is 0.912. The van der Waals surface area contributed by atoms with E-state index in [-0.39, 0.29) is 11.9 Å². The van der Waals surface area contributed by atoms with Crippen LogP contribution < -0.4 is 5.32 Å². The van der Waals surface area contributed by atoms with E-state index >= 15 is 0 Å². The van der Waals surface area contributed by atoms with Crippen LogP contribution in [0.1, 0.15) is 30.7 Å². The molecule has 0 saturated carbocycles. The lowest BCUT2D eigenvalue weighted by molar-refractivity contribution is -0.115. The Morgan fingerprint density at radius 3 is 2.50 bits per heavy atom. The van der Waals surface area contributed by atoms with Crippen LogP contribution in [-0.2, 0) is 0 Å². The number of alkyl halides is 3. The molecule has 2 rings (SSSR count). The first-order valence-electron chi connectivity index (χ1n) is 6.18. The van der Waals surface area contributed by atoms with Gasteiger partial charge in [0.1, 0.15) is 6.54 Å². The zero-order chi connectivity index (χ0) is 14.6. The Morgan fingerprint density at radius 2 is 1.90 bits per heavy atom. The molecule has 0 bridgehead atoms. The molecule has 0 aliphatic heterocycles. The topological polar surface area (TPSA) is 51.0 Å². The minimum atomic E-state index is -4.32. The molecule has 4 nitrogen and oxygen atoms in total. The molecular weight excluding hydrogens is 271 g/mol. The van der Waals surface area contributed by atoms with Crippen molar-refractivity contribution in [2.45, 2.75) is 25.4 Å². The Kier molecular flexibility index (Phi) is 4.26. The number of anilines is 1. The number of benzene rings is 1. The molecule has 1 heterocycles. The maximum atomic E-state index is 12.1. The largest absolute Gasteiger partial charge is 0.407 e. The SMILES string of the molecule is CCC(c1ccccc1)c1nnc(NCC(F)(F)F)o1. The molecule has 1 N–H and O–H groups in total. The second-order valence-electron chi connectivity index (χ2n) is 4.29. The first-order chi connectivity index (χ1) is 9.49. The van der Waals surface area contributed by atoms with Crippen molar-refractivity contribution in [2.24, 2.45) is 0 Å². The smallest absolute Gasteiger partial charge is 0.405 e. The van der Waals surface area contributed by atoms with Crippen molar-refractivity contribution in [1.29, 1.82) is 0 Å². The molecule has 108 valence electrons. The normalized spacial score (nSPS) is 13.2. The number of nitrogens with zero attached hydrogens (tertiary/aromatic N) is 2. The van der Waals surface area contributed by atoms with Gasteiger partial charge in [-0.2, -0.15) is 13.2 Å². The van der Waals surface area contributed by atoms with Crippen molar-refractivity contribution >= 4 is 6.01 Å². The molecule has 20 heavy (non-hydrogen) atoms. The number of halogens is 3. The van der Waals surface area contributed by atoms with Gasteiger partial charge in [0.15, 0.2) is 0 Å². The highest BCUT2D eigenvalue weighted by Gasteiger charge is 2.28. The summed E-state index contributed by atoms with van der Waals surface area (Å²) in [5, 5.41) is 9.47. The summed E-state index contributed by atoms with van der Waals surface area (Å²) in [7, 11) is 0. The van der Waals surface area contributed by atoms with Gasteiger partial charge in [0.05, 0.1) is 5.92 Å². The van der Waals surface area contributed by atoms with E-state index in [1.54, 1.807) is 0 Å². The molecule has 1 atom stereocenters. The molecule has 0 spiro atoms. The molecule has 0 amide bonds. The Hall–Kier alpha value is -2.05. The lowest BCUT2D eigenvalue weighted by Crippen LogP contribution is -2.21. The highest BCUT2D eigenvalue weighted by Crippen LogP contribution is 2.27. The number of nitrogens with one attached hydrogen (secondary N) is 1. The summed E-state index contributed by atoms with van der Waals surface area (Å²) in [5.74, 6) is 0.188. The van der Waals surface area contributed by atoms with E-state index < -0.39 is 12.7 Å². The van der Waals surface area contributed by atoms with Crippen molar-refractivity contribution in [3.05, 3.63) is 41.8 Å². The van der Waals surface area contributed by atoms with Gasteiger partial charge < -0.3 is 9.73 Å². The average Bonchev–Trinajstić information content (AvgIpc) is 2.87. The predicted octanol–water partition coefficient (Wildman–Crippen LogP) is 3.59. The van der Waals surface area contributed by atoms with Gasteiger partial charge >= 0.3 is 12.2 Å². The molecule has 1 aromatic heterocycles. The van der Waals surface area contributed by atoms with Gasteiger partial charge in [-0.05, 0) is 12.0 Å². The van der Waals surface area contributed by atoms with Crippen LogP contribution in [0.4, 0.5) is 19.2 Å². The van der Waals surface area contributed by atoms with Crippen LogP contribution in [0.15, 0.2) is 34.7 Å². The van der Waals surface area contributed by atoms with Crippen LogP contribution in [-0.4, -0.2) is 22.9 Å². The number of hydrogen-bond acceptors (Lipinski definition) is 4. The summed E-state index contributed by atoms with van der Waals surface area (Å²) in [6.07, 6.45) is -3.61. The van der Waals surface area contributed by atoms with Gasteiger partial charge in [-0.15, -0.1) is 5.10 Å². The van der Waals surface area contributed by atoms with Gasteiger partial charge in [0.2, 0.25) is 5.89 Å². The first kappa shape index (κ1) is 14.4. The summed E-state index contributed by atoms with van der Waals surface area (Å²) in [5.41, 5.74) is 0.987. The van der Waals surface area contributed by atoms with E-state index in [0.29, 0.717) is 12.3 Å². The van der Waals surface area contributed by atoms with Gasteiger partial charge in [-0.3, -0.25) is 0 Å². The summed E-state index contributed by atoms with van der Waals surface area (Å²) in [4.78, 5) is 0. The van der Waals surface area contributed by atoms with E-state index in [0.717, 1.165) is 5.56 Å². The third kappa shape index (κ3) is 3.72. The fourth-order valence-corrected chi connectivity index (χ4v) is 1.86. The van der Waals surface area contributed by atoms with Crippen LogP contribution in [0.2, 0.25) is 0 Å². The van der Waals surface area contributed by atoms with Gasteiger partial charge in [0.25, 0.3) is 0 Å². The molecule has 2 aromatic rings. The number of hydrogen-bond donors (Lipinski definition) is 1. The summed E-state index contributed by atoms with van der Waals surface area (Å²) >= 11 is 0. The maximum Gasteiger partial charge on any atom is 0.405 e. The van der Waals surface area contributed by atoms with Crippen LogP contribution in [0.25, 0.3) is 0 Å². The predicted molar refractivity (Wildman–Crippen MR) is 67.4 cm³/mol. The lowest BCUT2D eigenvalue weighted by atomic mass is 9.97. The second kappa shape index (κ2) is 5.94. The highest BCUT2D eigenvalue weighted by atomic mass is 19.4. The first-order valence-corrected chi connectivity index (χ1v) is 6.18. The standard InChI is InChI=1S/C13H14F3N3O/c1-2-10(9-6-4-3-5-7-9)11-18-19-12(20-11)17-8-13(14,15)16/h3-7,10H,2,8H2,1H3,(H,17,19). The molecule has 0 fully saturated rings. The summed E-state index contributed by atoms with van der Waals surface area (Å²) < 4.78 is 41.5. The molecule has 1 aromatic carbocycles. The van der Waals surface area contributed by atoms with E-state index in [4.69, 9.17) is 4.42 Å². The molecular formula is C13H14F3N3O. The fraction of sp³-hybridized carbons (Fsp3) is 0.385. The third-order valence-electron chi connectivity index (χ3n) is 2.79. The molecule has 0 saturated heterocycles. The minimum absolute atomic E-state index is 0.120. The van der Waals surface area contributed by atoms with Crippen molar-refractivity contribution < 1.29 is 17.6 Å². The van der Waals surface area contributed by atoms with E-state index in [2.05, 4.69) is 15.5 Å². The monoisotopic (exact) mass is 285 g/mol. The van der Waals surface area contributed by atoms with Crippen LogP contribution >= 0.6 is 0 Å². The molecule has 1 unspecified atom stereocenters. The Morgan fingerprint density at radius 1 is 1.20 bits per heavy atom. The van der Waals surface area contributed by atoms with Gasteiger partial charge in [-0.1, -0.05) is 42.4 Å². The second-order valence-corrected chi connectivity index (χ2v) is 4.29. The molecule has 0 aliphatic carbocycles. The zero-order valence-electron chi connectivity index (χ0n) is 10.8. The minimum Gasteiger partial charge on any atom is -0.407 e. The van der Waals surface area contributed by atoms with Crippen molar-refractivity contribution in [3.63, 3.8) is 0 Å². The van der Waals surface area contributed by atoms with E-state index in [1.807, 2.05) is 37.3 Å². The van der Waals surface area contributed by atoms with Gasteiger partial charge in [0, 0.05) is 0 Å². The third-order valence-corrected chi connectivity index (χ3v) is 2.79. The fourth-order valence-electron chi connectivity index (χ4n) is 1.86. The van der Waals surface area contributed by atoms with Crippen LogP contribution in [0, 0.1) is 0 Å². The zero-order valence-corrected chi connectivity index (χ0v) is 10.8. The van der Waals surface area contributed by atoms with Crippen molar-refractivity contribution in [1.82, 2.24) is 10.2 Å². The Balaban J connectivity index is 2.11. The van der Waals surface area contributed by atoms with Crippen molar-refractivity contribution in [2.75, 3.05) is 11.9 Å². The van der Waals surface area contributed by atoms with E-state index in [1.165, 1.54) is 0 Å². The number of aromatic nitrogens is 2. The van der Waals surface area contributed by atoms with Crippen LogP contribution in [0.5, 0.6) is 0 Å². The van der Waals surface area contributed by atoms with Gasteiger partial charge in [-0.25, -0.2) is 0 Å². The lowest BCUT2D eigenvalue weighted by Gasteiger charge is -2.10. The maximum absolute atomic E-state index is 12.1.